The monoisotopic (exact) mass is 520 g/mol. The summed E-state index contributed by atoms with van der Waals surface area (Å²) in [6, 6.07) is 17.4. The van der Waals surface area contributed by atoms with Crippen molar-refractivity contribution in [2.45, 2.75) is 84.2 Å². The summed E-state index contributed by atoms with van der Waals surface area (Å²) in [4.78, 5) is 0. The fourth-order valence-corrected chi connectivity index (χ4v) is 6.38. The van der Waals surface area contributed by atoms with Gasteiger partial charge in [0.25, 0.3) is 0 Å². The number of nitrogens with zero attached hydrogens (tertiary/aromatic N) is 2. The van der Waals surface area contributed by atoms with E-state index in [1.807, 2.05) is 35.4 Å². The minimum atomic E-state index is -0.115. The highest BCUT2D eigenvalue weighted by atomic mass is 31.1. The lowest BCUT2D eigenvalue weighted by Crippen LogP contribution is -2.26. The van der Waals surface area contributed by atoms with Gasteiger partial charge in [-0.05, 0) is 40.3 Å². The Morgan fingerprint density at radius 1 is 0.892 bits per heavy atom. The summed E-state index contributed by atoms with van der Waals surface area (Å²) < 4.78 is 13.7. The maximum Gasteiger partial charge on any atom is 0.188 e. The second kappa shape index (κ2) is 12.0. The standard InChI is InChI=1S/C32H45N2O2P/c1-10-17-32(8,37-28-16-12-11-15-24(28)22-33-34-18-13-14-19-34)27-21-25(30(2,3)4)20-26(31(5,6)7)29(27)36-23-35-9/h11-16,18-22,37H,10,17,23H2,1-9H3/b33-22+. The lowest BCUT2D eigenvalue weighted by molar-refractivity contribution is 0.0486. The number of ether oxygens (including phenoxy) is 2. The number of hydrogen-bond acceptors (Lipinski definition) is 3. The van der Waals surface area contributed by atoms with Gasteiger partial charge in [-0.2, -0.15) is 5.10 Å². The Morgan fingerprint density at radius 3 is 2.14 bits per heavy atom. The number of rotatable bonds is 10. The van der Waals surface area contributed by atoms with Crippen molar-refractivity contribution < 1.29 is 9.47 Å². The molecule has 0 aliphatic rings. The first-order valence-electron chi connectivity index (χ1n) is 13.2. The fraction of sp³-hybridized carbons (Fsp3) is 0.469. The van der Waals surface area contributed by atoms with Crippen LogP contribution < -0.4 is 10.0 Å². The SMILES string of the molecule is CCCC(C)(Pc1ccccc1/C=N/n1cccc1)c1cc(C(C)(C)C)cc(C(C)(C)C)c1OCOC. The molecule has 0 spiro atoms. The lowest BCUT2D eigenvalue weighted by Gasteiger charge is -2.37. The summed E-state index contributed by atoms with van der Waals surface area (Å²) in [5.41, 5.74) is 4.95. The predicted molar refractivity (Wildman–Crippen MR) is 160 cm³/mol. The molecule has 0 aliphatic carbocycles. The third-order valence-electron chi connectivity index (χ3n) is 6.72. The van der Waals surface area contributed by atoms with Crippen LogP contribution in [-0.4, -0.2) is 24.8 Å². The summed E-state index contributed by atoms with van der Waals surface area (Å²) in [5.74, 6) is 0.976. The molecule has 200 valence electrons. The maximum absolute atomic E-state index is 6.42. The van der Waals surface area contributed by atoms with E-state index in [0.717, 1.165) is 24.2 Å². The van der Waals surface area contributed by atoms with Crippen LogP contribution in [0, 0.1) is 0 Å². The average Bonchev–Trinajstić information content (AvgIpc) is 3.34. The molecule has 3 rings (SSSR count). The van der Waals surface area contributed by atoms with Crippen molar-refractivity contribution in [1.29, 1.82) is 0 Å². The van der Waals surface area contributed by atoms with Gasteiger partial charge < -0.3 is 9.47 Å². The molecule has 0 aliphatic heterocycles. The van der Waals surface area contributed by atoms with Gasteiger partial charge in [-0.3, -0.25) is 0 Å². The number of aromatic nitrogens is 1. The van der Waals surface area contributed by atoms with Crippen LogP contribution >= 0.6 is 8.58 Å². The van der Waals surface area contributed by atoms with Crippen LogP contribution in [0.2, 0.25) is 0 Å². The van der Waals surface area contributed by atoms with Crippen LogP contribution in [-0.2, 0) is 20.7 Å². The fourth-order valence-electron chi connectivity index (χ4n) is 4.62. The molecule has 2 atom stereocenters. The van der Waals surface area contributed by atoms with Gasteiger partial charge in [-0.1, -0.05) is 107 Å². The molecule has 0 amide bonds. The highest BCUT2D eigenvalue weighted by molar-refractivity contribution is 7.48. The molecule has 2 unspecified atom stereocenters. The minimum Gasteiger partial charge on any atom is -0.467 e. The Morgan fingerprint density at radius 2 is 1.54 bits per heavy atom. The van der Waals surface area contributed by atoms with E-state index in [2.05, 4.69) is 96.9 Å². The van der Waals surface area contributed by atoms with Crippen molar-refractivity contribution in [3.05, 3.63) is 83.2 Å². The Labute approximate surface area is 226 Å². The third-order valence-corrected chi connectivity index (χ3v) is 8.51. The molecule has 0 saturated carbocycles. The van der Waals surface area contributed by atoms with Gasteiger partial charge in [-0.25, -0.2) is 4.68 Å². The molecule has 0 radical (unpaired) electrons. The van der Waals surface area contributed by atoms with Gasteiger partial charge in [0.05, 0.1) is 6.21 Å². The van der Waals surface area contributed by atoms with Crippen LogP contribution in [0.1, 0.15) is 90.5 Å². The predicted octanol–water partition coefficient (Wildman–Crippen LogP) is 7.97. The minimum absolute atomic E-state index is 0.0199. The molecule has 0 saturated heterocycles. The zero-order valence-electron chi connectivity index (χ0n) is 24.2. The summed E-state index contributed by atoms with van der Waals surface area (Å²) in [6.07, 6.45) is 8.01. The van der Waals surface area contributed by atoms with Gasteiger partial charge in [-0.15, -0.1) is 0 Å². The zero-order valence-corrected chi connectivity index (χ0v) is 25.2. The molecular weight excluding hydrogens is 475 g/mol. The van der Waals surface area contributed by atoms with Crippen molar-refractivity contribution in [2.75, 3.05) is 13.9 Å². The van der Waals surface area contributed by atoms with E-state index in [9.17, 15) is 0 Å². The Hall–Kier alpha value is -2.42. The number of benzene rings is 2. The van der Waals surface area contributed by atoms with Gasteiger partial charge in [0.1, 0.15) is 5.75 Å². The van der Waals surface area contributed by atoms with Crippen molar-refractivity contribution in [1.82, 2.24) is 4.68 Å². The molecule has 1 aromatic heterocycles. The van der Waals surface area contributed by atoms with E-state index in [-0.39, 0.29) is 22.8 Å². The average molecular weight is 521 g/mol. The molecule has 37 heavy (non-hydrogen) atoms. The molecule has 5 heteroatoms. The number of methoxy groups -OCH3 is 1. The van der Waals surface area contributed by atoms with Crippen LogP contribution in [0.4, 0.5) is 0 Å². The topological polar surface area (TPSA) is 35.8 Å². The molecule has 1 heterocycles. The van der Waals surface area contributed by atoms with Crippen molar-refractivity contribution >= 4 is 20.1 Å². The highest BCUT2D eigenvalue weighted by Crippen LogP contribution is 2.52. The Kier molecular flexibility index (Phi) is 9.42. The van der Waals surface area contributed by atoms with Crippen molar-refractivity contribution in [2.24, 2.45) is 5.10 Å². The Balaban J connectivity index is 2.20. The van der Waals surface area contributed by atoms with E-state index in [0.29, 0.717) is 8.58 Å². The van der Waals surface area contributed by atoms with E-state index in [1.54, 1.807) is 7.11 Å². The van der Waals surface area contributed by atoms with Crippen LogP contribution in [0.3, 0.4) is 0 Å². The summed E-state index contributed by atoms with van der Waals surface area (Å²) in [5, 5.41) is 5.85. The molecule has 0 N–H and O–H groups in total. The number of hydrogen-bond donors (Lipinski definition) is 0. The van der Waals surface area contributed by atoms with Crippen molar-refractivity contribution in [3.63, 3.8) is 0 Å². The normalized spacial score (nSPS) is 14.5. The van der Waals surface area contributed by atoms with Crippen LogP contribution in [0.25, 0.3) is 0 Å². The summed E-state index contributed by atoms with van der Waals surface area (Å²) >= 11 is 0. The quantitative estimate of drug-likeness (QED) is 0.154. The van der Waals surface area contributed by atoms with Crippen molar-refractivity contribution in [3.8, 4) is 5.75 Å². The van der Waals surface area contributed by atoms with Crippen LogP contribution in [0.15, 0.2) is 66.0 Å². The first-order valence-corrected chi connectivity index (χ1v) is 14.2. The lowest BCUT2D eigenvalue weighted by atomic mass is 9.77. The molecule has 0 bridgehead atoms. The zero-order chi connectivity index (χ0) is 27.3. The maximum atomic E-state index is 6.42. The van der Waals surface area contributed by atoms with Gasteiger partial charge >= 0.3 is 0 Å². The second-order valence-corrected chi connectivity index (χ2v) is 13.9. The van der Waals surface area contributed by atoms with E-state index >= 15 is 0 Å². The molecule has 0 fully saturated rings. The smallest absolute Gasteiger partial charge is 0.188 e. The van der Waals surface area contributed by atoms with E-state index < -0.39 is 0 Å². The van der Waals surface area contributed by atoms with Crippen LogP contribution in [0.5, 0.6) is 5.75 Å². The van der Waals surface area contributed by atoms with Gasteiger partial charge in [0, 0.05) is 41.3 Å². The molecule has 4 nitrogen and oxygen atoms in total. The summed E-state index contributed by atoms with van der Waals surface area (Å²) in [7, 11) is 2.23. The summed E-state index contributed by atoms with van der Waals surface area (Å²) in [6.45, 7) is 18.6. The third kappa shape index (κ3) is 7.33. The van der Waals surface area contributed by atoms with E-state index in [4.69, 9.17) is 9.47 Å². The van der Waals surface area contributed by atoms with E-state index in [1.165, 1.54) is 22.0 Å². The molecule has 2 aromatic carbocycles. The first-order chi connectivity index (χ1) is 17.4. The molecule has 3 aromatic rings. The van der Waals surface area contributed by atoms with Gasteiger partial charge in [0.2, 0.25) is 0 Å². The Bertz CT molecular complexity index is 1190. The molecular formula is C32H45N2O2P. The van der Waals surface area contributed by atoms with Gasteiger partial charge in [0.15, 0.2) is 6.79 Å². The first kappa shape index (κ1) is 29.1. The second-order valence-electron chi connectivity index (χ2n) is 12.1. The highest BCUT2D eigenvalue weighted by Gasteiger charge is 2.35. The largest absolute Gasteiger partial charge is 0.467 e.